The third-order valence-electron chi connectivity index (χ3n) is 2.15. The van der Waals surface area contributed by atoms with E-state index >= 15 is 0 Å². The molecule has 0 radical (unpaired) electrons. The fourth-order valence-corrected chi connectivity index (χ4v) is 1.74. The van der Waals surface area contributed by atoms with Crippen molar-refractivity contribution in [2.75, 3.05) is 30.9 Å². The Bertz CT molecular complexity index is 344. The van der Waals surface area contributed by atoms with E-state index in [2.05, 4.69) is 21.9 Å². The van der Waals surface area contributed by atoms with Gasteiger partial charge in [0.05, 0.1) is 5.56 Å². The quantitative estimate of drug-likeness (QED) is 0.740. The summed E-state index contributed by atoms with van der Waals surface area (Å²) >= 11 is 1.78. The molecule has 1 aromatic heterocycles. The van der Waals surface area contributed by atoms with Crippen molar-refractivity contribution in [3.63, 3.8) is 0 Å². The Morgan fingerprint density at radius 2 is 2.38 bits per heavy atom. The molecule has 88 valence electrons. The third kappa shape index (κ3) is 3.73. The van der Waals surface area contributed by atoms with Crippen LogP contribution in [0.4, 0.5) is 5.69 Å². The average Bonchev–Trinajstić information content (AvgIpc) is 2.34. The van der Waals surface area contributed by atoms with Crippen molar-refractivity contribution >= 4 is 23.4 Å². The van der Waals surface area contributed by atoms with Gasteiger partial charge in [0, 0.05) is 31.7 Å². The third-order valence-corrected chi connectivity index (χ3v) is 2.84. The number of carbonyl (C=O) groups excluding carboxylic acids is 1. The molecule has 0 aromatic carbocycles. The van der Waals surface area contributed by atoms with E-state index in [0.29, 0.717) is 12.1 Å². The molecule has 5 heteroatoms. The second-order valence-corrected chi connectivity index (χ2v) is 4.26. The second kappa shape index (κ2) is 7.11. The van der Waals surface area contributed by atoms with Crippen molar-refractivity contribution in [2.45, 2.75) is 6.42 Å². The Labute approximate surface area is 100 Å². The Morgan fingerprint density at radius 1 is 1.56 bits per heavy atom. The molecule has 2 N–H and O–H groups in total. The number of thioether (sulfide) groups is 1. The number of pyridine rings is 1. The first-order valence-corrected chi connectivity index (χ1v) is 6.58. The van der Waals surface area contributed by atoms with Crippen LogP contribution in [0.5, 0.6) is 0 Å². The maximum absolute atomic E-state index is 11.8. The highest BCUT2D eigenvalue weighted by Crippen LogP contribution is 2.11. The van der Waals surface area contributed by atoms with Crippen LogP contribution in [0, 0.1) is 0 Å². The van der Waals surface area contributed by atoms with E-state index in [0.717, 1.165) is 17.9 Å². The van der Waals surface area contributed by atoms with Gasteiger partial charge in [-0.15, -0.1) is 0 Å². The zero-order valence-corrected chi connectivity index (χ0v) is 10.4. The Kier molecular flexibility index (Phi) is 5.71. The lowest BCUT2D eigenvalue weighted by Gasteiger charge is -2.08. The molecule has 16 heavy (non-hydrogen) atoms. The maximum atomic E-state index is 11.8. The molecule has 0 aliphatic heterocycles. The summed E-state index contributed by atoms with van der Waals surface area (Å²) in [5, 5.41) is 5.85. The van der Waals surface area contributed by atoms with E-state index in [1.807, 2.05) is 0 Å². The predicted molar refractivity (Wildman–Crippen MR) is 69.1 cm³/mol. The van der Waals surface area contributed by atoms with Crippen molar-refractivity contribution in [2.24, 2.45) is 0 Å². The highest BCUT2D eigenvalue weighted by Gasteiger charge is 2.09. The minimum absolute atomic E-state index is 0.0708. The summed E-state index contributed by atoms with van der Waals surface area (Å²) < 4.78 is 0. The number of anilines is 1. The molecule has 0 fully saturated rings. The SMILES string of the molecule is CNc1ccncc1C(=O)NCCCSC. The van der Waals surface area contributed by atoms with Crippen LogP contribution in [-0.4, -0.2) is 36.5 Å². The van der Waals surface area contributed by atoms with E-state index in [9.17, 15) is 4.79 Å². The monoisotopic (exact) mass is 239 g/mol. The lowest BCUT2D eigenvalue weighted by atomic mass is 10.2. The van der Waals surface area contributed by atoms with Crippen LogP contribution in [0.15, 0.2) is 18.5 Å². The molecule has 4 nitrogen and oxygen atoms in total. The van der Waals surface area contributed by atoms with Crippen LogP contribution in [0.2, 0.25) is 0 Å². The number of rotatable bonds is 6. The molecule has 0 atom stereocenters. The molecule has 1 amide bonds. The molecule has 1 rings (SSSR count). The van der Waals surface area contributed by atoms with Crippen molar-refractivity contribution < 1.29 is 4.79 Å². The lowest BCUT2D eigenvalue weighted by Crippen LogP contribution is -2.25. The first-order valence-electron chi connectivity index (χ1n) is 5.18. The van der Waals surface area contributed by atoms with Gasteiger partial charge in [-0.1, -0.05) is 0 Å². The number of nitrogens with one attached hydrogen (secondary N) is 2. The minimum atomic E-state index is -0.0708. The highest BCUT2D eigenvalue weighted by atomic mass is 32.2. The summed E-state index contributed by atoms with van der Waals surface area (Å²) in [7, 11) is 1.79. The van der Waals surface area contributed by atoms with Crippen LogP contribution >= 0.6 is 11.8 Å². The number of nitrogens with zero attached hydrogens (tertiary/aromatic N) is 1. The van der Waals surface area contributed by atoms with E-state index in [1.165, 1.54) is 0 Å². The Morgan fingerprint density at radius 3 is 3.06 bits per heavy atom. The first kappa shape index (κ1) is 12.8. The number of amides is 1. The normalized spacial score (nSPS) is 9.88. The van der Waals surface area contributed by atoms with E-state index in [1.54, 1.807) is 37.3 Å². The van der Waals surface area contributed by atoms with Crippen molar-refractivity contribution in [1.82, 2.24) is 10.3 Å². The van der Waals surface area contributed by atoms with Crippen molar-refractivity contribution in [3.8, 4) is 0 Å². The summed E-state index contributed by atoms with van der Waals surface area (Å²) in [5.41, 5.74) is 1.39. The molecular formula is C11H17N3OS. The molecule has 0 bridgehead atoms. The number of carbonyl (C=O) groups is 1. The van der Waals surface area contributed by atoms with E-state index in [-0.39, 0.29) is 5.91 Å². The van der Waals surface area contributed by atoms with Gasteiger partial charge in [-0.2, -0.15) is 11.8 Å². The second-order valence-electron chi connectivity index (χ2n) is 3.27. The molecule has 0 aliphatic carbocycles. The van der Waals surface area contributed by atoms with Crippen LogP contribution in [-0.2, 0) is 0 Å². The number of aromatic nitrogens is 1. The number of hydrogen-bond acceptors (Lipinski definition) is 4. The van der Waals surface area contributed by atoms with Gasteiger partial charge in [0.2, 0.25) is 0 Å². The first-order chi connectivity index (χ1) is 7.79. The van der Waals surface area contributed by atoms with E-state index < -0.39 is 0 Å². The summed E-state index contributed by atoms with van der Waals surface area (Å²) in [6.07, 6.45) is 6.29. The molecule has 0 unspecified atom stereocenters. The summed E-state index contributed by atoms with van der Waals surface area (Å²) in [5.74, 6) is 0.991. The summed E-state index contributed by atoms with van der Waals surface area (Å²) in [6, 6.07) is 1.79. The fraction of sp³-hybridized carbons (Fsp3) is 0.455. The zero-order valence-electron chi connectivity index (χ0n) is 9.62. The van der Waals surface area contributed by atoms with Crippen LogP contribution in [0.25, 0.3) is 0 Å². The largest absolute Gasteiger partial charge is 0.387 e. The van der Waals surface area contributed by atoms with Crippen LogP contribution in [0.3, 0.4) is 0 Å². The van der Waals surface area contributed by atoms with Crippen molar-refractivity contribution in [3.05, 3.63) is 24.0 Å². The molecule has 1 heterocycles. The van der Waals surface area contributed by atoms with Crippen molar-refractivity contribution in [1.29, 1.82) is 0 Å². The van der Waals surface area contributed by atoms with Gasteiger partial charge in [0.1, 0.15) is 0 Å². The summed E-state index contributed by atoms with van der Waals surface area (Å²) in [6.45, 7) is 0.706. The molecule has 0 saturated carbocycles. The van der Waals surface area contributed by atoms with E-state index in [4.69, 9.17) is 0 Å². The number of hydrogen-bond donors (Lipinski definition) is 2. The van der Waals surface area contributed by atoms with Gasteiger partial charge in [-0.25, -0.2) is 0 Å². The predicted octanol–water partition coefficient (Wildman–Crippen LogP) is 1.61. The van der Waals surface area contributed by atoms with Gasteiger partial charge in [-0.3, -0.25) is 9.78 Å². The maximum Gasteiger partial charge on any atom is 0.254 e. The Hall–Kier alpha value is -1.23. The Balaban J connectivity index is 2.52. The van der Waals surface area contributed by atoms with Gasteiger partial charge >= 0.3 is 0 Å². The topological polar surface area (TPSA) is 54.0 Å². The van der Waals surface area contributed by atoms with Gasteiger partial charge < -0.3 is 10.6 Å². The van der Waals surface area contributed by atoms with Gasteiger partial charge in [-0.05, 0) is 24.5 Å². The van der Waals surface area contributed by atoms with Gasteiger partial charge in [0.15, 0.2) is 0 Å². The highest BCUT2D eigenvalue weighted by molar-refractivity contribution is 7.98. The minimum Gasteiger partial charge on any atom is -0.387 e. The van der Waals surface area contributed by atoms with Gasteiger partial charge in [0.25, 0.3) is 5.91 Å². The molecule has 0 spiro atoms. The van der Waals surface area contributed by atoms with Crippen LogP contribution < -0.4 is 10.6 Å². The zero-order chi connectivity index (χ0) is 11.8. The molecular weight excluding hydrogens is 222 g/mol. The fourth-order valence-electron chi connectivity index (χ4n) is 1.31. The average molecular weight is 239 g/mol. The molecule has 0 aliphatic rings. The standard InChI is InChI=1S/C11H17N3OS/c1-12-10-4-6-13-8-9(10)11(15)14-5-3-7-16-2/h4,6,8H,3,5,7H2,1-2H3,(H,12,13)(H,14,15). The smallest absolute Gasteiger partial charge is 0.254 e. The summed E-state index contributed by atoms with van der Waals surface area (Å²) in [4.78, 5) is 15.7. The lowest BCUT2D eigenvalue weighted by molar-refractivity contribution is 0.0954. The van der Waals surface area contributed by atoms with Crippen LogP contribution in [0.1, 0.15) is 16.8 Å². The molecule has 0 saturated heterocycles. The molecule has 1 aromatic rings.